The van der Waals surface area contributed by atoms with Gasteiger partial charge in [0, 0.05) is 0 Å². The molecule has 2 atom stereocenters. The van der Waals surface area contributed by atoms with Crippen molar-refractivity contribution in [2.75, 3.05) is 0 Å². The number of hydrogen-bond acceptors (Lipinski definition) is 1. The number of unbranched alkanes of at least 4 members (excludes halogenated alkanes) is 3. The average molecular weight is 212 g/mol. The van der Waals surface area contributed by atoms with E-state index in [1.165, 1.54) is 31.3 Å². The first-order valence-electron chi connectivity index (χ1n) is 6.46. The highest BCUT2D eigenvalue weighted by atomic mass is 16.3. The van der Waals surface area contributed by atoms with Gasteiger partial charge >= 0.3 is 0 Å². The van der Waals surface area contributed by atoms with Crippen LogP contribution in [0.5, 0.6) is 0 Å². The third kappa shape index (κ3) is 7.61. The van der Waals surface area contributed by atoms with Gasteiger partial charge in [0.15, 0.2) is 0 Å². The van der Waals surface area contributed by atoms with Crippen LogP contribution in [0.25, 0.3) is 0 Å². The first kappa shape index (κ1) is 14.7. The molecule has 1 nitrogen and oxygen atoms in total. The molecular weight excluding hydrogens is 184 g/mol. The monoisotopic (exact) mass is 212 g/mol. The highest BCUT2D eigenvalue weighted by Gasteiger charge is 2.10. The van der Waals surface area contributed by atoms with Crippen molar-refractivity contribution in [2.45, 2.75) is 72.3 Å². The molecule has 0 bridgehead atoms. The van der Waals surface area contributed by atoms with Crippen LogP contribution in [0.3, 0.4) is 0 Å². The van der Waals surface area contributed by atoms with E-state index in [2.05, 4.69) is 26.8 Å². The summed E-state index contributed by atoms with van der Waals surface area (Å²) in [6.45, 7) is 8.53. The number of aliphatic hydroxyl groups excluding tert-OH is 1. The Hall–Kier alpha value is -0.300. The number of rotatable bonds is 8. The van der Waals surface area contributed by atoms with E-state index in [1.807, 2.05) is 6.92 Å². The molecule has 0 aliphatic rings. The molecule has 90 valence electrons. The van der Waals surface area contributed by atoms with Gasteiger partial charge in [-0.2, -0.15) is 0 Å². The Labute approximate surface area is 95.6 Å². The van der Waals surface area contributed by atoms with E-state index < -0.39 is 0 Å². The van der Waals surface area contributed by atoms with Crippen molar-refractivity contribution in [3.05, 3.63) is 11.6 Å². The first-order valence-corrected chi connectivity index (χ1v) is 6.46. The molecule has 2 unspecified atom stereocenters. The van der Waals surface area contributed by atoms with Crippen LogP contribution in [0.2, 0.25) is 0 Å². The fourth-order valence-electron chi connectivity index (χ4n) is 1.98. The third-order valence-electron chi connectivity index (χ3n) is 3.04. The molecule has 0 aromatic carbocycles. The maximum atomic E-state index is 9.39. The SMILES string of the molecule is CCCCC/C=C(\C)C(CC)CC(C)O. The Morgan fingerprint density at radius 1 is 1.27 bits per heavy atom. The molecule has 0 radical (unpaired) electrons. The lowest BCUT2D eigenvalue weighted by Gasteiger charge is -2.17. The number of allylic oxidation sites excluding steroid dienone is 2. The maximum Gasteiger partial charge on any atom is 0.0517 e. The Kier molecular flexibility index (Phi) is 8.79. The van der Waals surface area contributed by atoms with Crippen molar-refractivity contribution in [3.8, 4) is 0 Å². The highest BCUT2D eigenvalue weighted by Crippen LogP contribution is 2.21. The first-order chi connectivity index (χ1) is 7.11. The molecule has 0 fully saturated rings. The molecule has 0 aliphatic heterocycles. The summed E-state index contributed by atoms with van der Waals surface area (Å²) >= 11 is 0. The van der Waals surface area contributed by atoms with Gasteiger partial charge in [-0.3, -0.25) is 0 Å². The van der Waals surface area contributed by atoms with Crippen molar-refractivity contribution < 1.29 is 5.11 Å². The van der Waals surface area contributed by atoms with Crippen LogP contribution in [0, 0.1) is 5.92 Å². The molecule has 0 rings (SSSR count). The van der Waals surface area contributed by atoms with E-state index in [1.54, 1.807) is 0 Å². The summed E-state index contributed by atoms with van der Waals surface area (Å²) in [5, 5.41) is 9.39. The van der Waals surface area contributed by atoms with Gasteiger partial charge in [0.25, 0.3) is 0 Å². The maximum absolute atomic E-state index is 9.39. The molecule has 0 heterocycles. The summed E-state index contributed by atoms with van der Waals surface area (Å²) in [7, 11) is 0. The Bertz CT molecular complexity index is 170. The molecule has 1 N–H and O–H groups in total. The van der Waals surface area contributed by atoms with Gasteiger partial charge in [-0.25, -0.2) is 0 Å². The van der Waals surface area contributed by atoms with Crippen LogP contribution in [-0.4, -0.2) is 11.2 Å². The predicted molar refractivity (Wildman–Crippen MR) is 68.0 cm³/mol. The Morgan fingerprint density at radius 3 is 2.40 bits per heavy atom. The second-order valence-corrected chi connectivity index (χ2v) is 4.63. The van der Waals surface area contributed by atoms with Gasteiger partial charge in [0.2, 0.25) is 0 Å². The lowest BCUT2D eigenvalue weighted by Crippen LogP contribution is -2.10. The predicted octanol–water partition coefficient (Wildman–Crippen LogP) is 4.31. The van der Waals surface area contributed by atoms with Gasteiger partial charge in [-0.05, 0) is 45.4 Å². The quantitative estimate of drug-likeness (QED) is 0.469. The van der Waals surface area contributed by atoms with Crippen LogP contribution in [-0.2, 0) is 0 Å². The highest BCUT2D eigenvalue weighted by molar-refractivity contribution is 5.03. The Morgan fingerprint density at radius 2 is 1.93 bits per heavy atom. The van der Waals surface area contributed by atoms with Gasteiger partial charge < -0.3 is 5.11 Å². The zero-order valence-electron chi connectivity index (χ0n) is 10.9. The summed E-state index contributed by atoms with van der Waals surface area (Å²) in [6.07, 6.45) is 9.37. The van der Waals surface area contributed by atoms with Crippen LogP contribution >= 0.6 is 0 Å². The van der Waals surface area contributed by atoms with Crippen LogP contribution in [0.1, 0.15) is 66.2 Å². The second kappa shape index (κ2) is 8.96. The van der Waals surface area contributed by atoms with Crippen LogP contribution < -0.4 is 0 Å². The minimum absolute atomic E-state index is 0.172. The number of aliphatic hydroxyl groups is 1. The van der Waals surface area contributed by atoms with Gasteiger partial charge in [0.05, 0.1) is 6.10 Å². The fraction of sp³-hybridized carbons (Fsp3) is 0.857. The second-order valence-electron chi connectivity index (χ2n) is 4.63. The zero-order valence-corrected chi connectivity index (χ0v) is 10.9. The van der Waals surface area contributed by atoms with E-state index in [-0.39, 0.29) is 6.10 Å². The topological polar surface area (TPSA) is 20.2 Å². The minimum atomic E-state index is -0.172. The number of hydrogen-bond donors (Lipinski definition) is 1. The summed E-state index contributed by atoms with van der Waals surface area (Å²) in [6, 6.07) is 0. The molecule has 0 saturated heterocycles. The Balaban J connectivity index is 3.95. The van der Waals surface area contributed by atoms with E-state index in [4.69, 9.17) is 0 Å². The fourth-order valence-corrected chi connectivity index (χ4v) is 1.98. The summed E-state index contributed by atoms with van der Waals surface area (Å²) in [5.74, 6) is 0.576. The molecule has 0 saturated carbocycles. The van der Waals surface area contributed by atoms with Crippen molar-refractivity contribution in [2.24, 2.45) is 5.92 Å². The molecule has 1 heteroatoms. The van der Waals surface area contributed by atoms with E-state index in [0.29, 0.717) is 5.92 Å². The molecule has 15 heavy (non-hydrogen) atoms. The lowest BCUT2D eigenvalue weighted by atomic mass is 9.91. The normalized spacial score (nSPS) is 16.5. The zero-order chi connectivity index (χ0) is 11.7. The van der Waals surface area contributed by atoms with Crippen molar-refractivity contribution >= 4 is 0 Å². The van der Waals surface area contributed by atoms with Crippen molar-refractivity contribution in [3.63, 3.8) is 0 Å². The summed E-state index contributed by atoms with van der Waals surface area (Å²) < 4.78 is 0. The van der Waals surface area contributed by atoms with Crippen LogP contribution in [0.4, 0.5) is 0 Å². The van der Waals surface area contributed by atoms with Gasteiger partial charge in [-0.1, -0.05) is 38.3 Å². The van der Waals surface area contributed by atoms with E-state index >= 15 is 0 Å². The molecule has 0 aromatic rings. The largest absolute Gasteiger partial charge is 0.393 e. The summed E-state index contributed by atoms with van der Waals surface area (Å²) in [5.41, 5.74) is 1.47. The molecule has 0 aromatic heterocycles. The van der Waals surface area contributed by atoms with E-state index in [9.17, 15) is 5.11 Å². The van der Waals surface area contributed by atoms with Crippen LogP contribution in [0.15, 0.2) is 11.6 Å². The minimum Gasteiger partial charge on any atom is -0.393 e. The molecule has 0 amide bonds. The van der Waals surface area contributed by atoms with Gasteiger partial charge in [0.1, 0.15) is 0 Å². The average Bonchev–Trinajstić information content (AvgIpc) is 2.20. The van der Waals surface area contributed by atoms with E-state index in [0.717, 1.165) is 12.8 Å². The summed E-state index contributed by atoms with van der Waals surface area (Å²) in [4.78, 5) is 0. The molecular formula is C14H28O. The smallest absolute Gasteiger partial charge is 0.0517 e. The standard InChI is InChI=1S/C14H28O/c1-5-7-8-9-10-12(3)14(6-2)11-13(4)15/h10,13-15H,5-9,11H2,1-4H3/b12-10+. The molecule has 0 spiro atoms. The van der Waals surface area contributed by atoms with Crippen molar-refractivity contribution in [1.29, 1.82) is 0 Å². The van der Waals surface area contributed by atoms with Gasteiger partial charge in [-0.15, -0.1) is 0 Å². The lowest BCUT2D eigenvalue weighted by molar-refractivity contribution is 0.166. The molecule has 0 aliphatic carbocycles. The third-order valence-corrected chi connectivity index (χ3v) is 3.04. The van der Waals surface area contributed by atoms with Crippen molar-refractivity contribution in [1.82, 2.24) is 0 Å².